The van der Waals surface area contributed by atoms with E-state index in [1.54, 1.807) is 6.26 Å². The molecule has 0 N–H and O–H groups in total. The van der Waals surface area contributed by atoms with Gasteiger partial charge in [-0.25, -0.2) is 15.0 Å². The van der Waals surface area contributed by atoms with Crippen molar-refractivity contribution in [3.05, 3.63) is 164 Å². The summed E-state index contributed by atoms with van der Waals surface area (Å²) in [5.74, 6) is 1.94. The van der Waals surface area contributed by atoms with Crippen LogP contribution in [0.3, 0.4) is 0 Å². The number of aromatic nitrogens is 3. The minimum absolute atomic E-state index is 0.642. The molecule has 8 rings (SSSR count). The molecule has 4 nitrogen and oxygen atoms in total. The fourth-order valence-corrected chi connectivity index (χ4v) is 5.68. The Morgan fingerprint density at radius 1 is 0.311 bits per heavy atom. The molecule has 0 bridgehead atoms. The van der Waals surface area contributed by atoms with Crippen LogP contribution in [-0.2, 0) is 0 Å². The largest absolute Gasteiger partial charge is 0.464 e. The van der Waals surface area contributed by atoms with E-state index >= 15 is 0 Å². The Labute approximate surface area is 261 Å². The lowest BCUT2D eigenvalue weighted by atomic mass is 9.95. The first kappa shape index (κ1) is 26.5. The summed E-state index contributed by atoms with van der Waals surface area (Å²) < 4.78 is 5.53. The highest BCUT2D eigenvalue weighted by atomic mass is 16.3. The molecule has 2 heterocycles. The van der Waals surface area contributed by atoms with Crippen molar-refractivity contribution in [2.75, 3.05) is 0 Å². The van der Waals surface area contributed by atoms with Gasteiger partial charge in [0.1, 0.15) is 5.58 Å². The third-order valence-electron chi connectivity index (χ3n) is 8.00. The van der Waals surface area contributed by atoms with Gasteiger partial charge in [-0.1, -0.05) is 121 Å². The average molecular weight is 578 g/mol. The molecule has 0 unspecified atom stereocenters. The van der Waals surface area contributed by atoms with Crippen molar-refractivity contribution in [1.82, 2.24) is 15.0 Å². The molecule has 0 radical (unpaired) electrons. The standard InChI is InChI=1S/C41H27N3O/c1-3-10-28(11-4-1)39-42-40(29-12-5-2-6-13-29)44-41(43-39)37-19-9-18-34(27-37)32-16-7-14-30(24-32)31-15-8-17-33(25-31)35-20-21-38-36(26-35)22-23-45-38/h1-27H. The van der Waals surface area contributed by atoms with Crippen LogP contribution in [0.15, 0.2) is 168 Å². The molecule has 4 heteroatoms. The van der Waals surface area contributed by atoms with Gasteiger partial charge < -0.3 is 4.42 Å². The zero-order valence-corrected chi connectivity index (χ0v) is 24.3. The maximum absolute atomic E-state index is 5.53. The van der Waals surface area contributed by atoms with E-state index in [4.69, 9.17) is 19.4 Å². The van der Waals surface area contributed by atoms with E-state index in [1.165, 1.54) is 5.56 Å². The summed E-state index contributed by atoms with van der Waals surface area (Å²) in [5.41, 5.74) is 10.6. The van der Waals surface area contributed by atoms with Crippen molar-refractivity contribution in [3.8, 4) is 67.5 Å². The van der Waals surface area contributed by atoms with E-state index in [0.717, 1.165) is 55.5 Å². The summed E-state index contributed by atoms with van der Waals surface area (Å²) in [7, 11) is 0. The van der Waals surface area contributed by atoms with Crippen molar-refractivity contribution in [1.29, 1.82) is 0 Å². The summed E-state index contributed by atoms with van der Waals surface area (Å²) in [4.78, 5) is 14.7. The van der Waals surface area contributed by atoms with Crippen LogP contribution >= 0.6 is 0 Å². The monoisotopic (exact) mass is 577 g/mol. The molecular formula is C41H27N3O. The van der Waals surface area contributed by atoms with Gasteiger partial charge in [-0.05, 0) is 69.8 Å². The first-order valence-corrected chi connectivity index (χ1v) is 14.9. The van der Waals surface area contributed by atoms with Crippen LogP contribution in [0.4, 0.5) is 0 Å². The summed E-state index contributed by atoms with van der Waals surface area (Å²) in [6, 6.07) is 54.2. The van der Waals surface area contributed by atoms with Gasteiger partial charge in [0.25, 0.3) is 0 Å². The van der Waals surface area contributed by atoms with Gasteiger partial charge in [0.05, 0.1) is 6.26 Å². The third-order valence-corrected chi connectivity index (χ3v) is 8.00. The molecular weight excluding hydrogens is 550 g/mol. The maximum Gasteiger partial charge on any atom is 0.164 e. The topological polar surface area (TPSA) is 51.8 Å². The van der Waals surface area contributed by atoms with Crippen molar-refractivity contribution < 1.29 is 4.42 Å². The van der Waals surface area contributed by atoms with Crippen LogP contribution in [-0.4, -0.2) is 15.0 Å². The van der Waals surface area contributed by atoms with Gasteiger partial charge in [0, 0.05) is 22.1 Å². The Bertz CT molecular complexity index is 2220. The third kappa shape index (κ3) is 5.41. The highest BCUT2D eigenvalue weighted by Crippen LogP contribution is 2.33. The molecule has 0 saturated heterocycles. The lowest BCUT2D eigenvalue weighted by Gasteiger charge is -2.11. The predicted octanol–water partition coefficient (Wildman–Crippen LogP) is 10.6. The minimum Gasteiger partial charge on any atom is -0.464 e. The van der Waals surface area contributed by atoms with E-state index < -0.39 is 0 Å². The van der Waals surface area contributed by atoms with Crippen molar-refractivity contribution >= 4 is 11.0 Å². The van der Waals surface area contributed by atoms with Gasteiger partial charge in [-0.15, -0.1) is 0 Å². The van der Waals surface area contributed by atoms with Gasteiger partial charge in [-0.3, -0.25) is 0 Å². The number of hydrogen-bond acceptors (Lipinski definition) is 4. The molecule has 0 saturated carbocycles. The van der Waals surface area contributed by atoms with Crippen LogP contribution in [0.25, 0.3) is 78.5 Å². The molecule has 45 heavy (non-hydrogen) atoms. The Kier molecular flexibility index (Phi) is 6.78. The molecule has 0 amide bonds. The van der Waals surface area contributed by atoms with Crippen LogP contribution in [0.1, 0.15) is 0 Å². The Balaban J connectivity index is 1.16. The zero-order valence-electron chi connectivity index (χ0n) is 24.3. The van der Waals surface area contributed by atoms with Crippen molar-refractivity contribution in [2.45, 2.75) is 0 Å². The fraction of sp³-hybridized carbons (Fsp3) is 0. The fourth-order valence-electron chi connectivity index (χ4n) is 5.68. The van der Waals surface area contributed by atoms with Gasteiger partial charge >= 0.3 is 0 Å². The predicted molar refractivity (Wildman–Crippen MR) is 182 cm³/mol. The number of rotatable bonds is 6. The van der Waals surface area contributed by atoms with Crippen molar-refractivity contribution in [3.63, 3.8) is 0 Å². The van der Waals surface area contributed by atoms with E-state index in [-0.39, 0.29) is 0 Å². The zero-order chi connectivity index (χ0) is 30.0. The van der Waals surface area contributed by atoms with Crippen LogP contribution in [0.2, 0.25) is 0 Å². The second-order valence-corrected chi connectivity index (χ2v) is 11.0. The number of hydrogen-bond donors (Lipinski definition) is 0. The highest BCUT2D eigenvalue weighted by Gasteiger charge is 2.13. The number of benzene rings is 6. The quantitative estimate of drug-likeness (QED) is 0.197. The van der Waals surface area contributed by atoms with Crippen LogP contribution in [0, 0.1) is 0 Å². The molecule has 0 fully saturated rings. The van der Waals surface area contributed by atoms with E-state index in [9.17, 15) is 0 Å². The maximum atomic E-state index is 5.53. The van der Waals surface area contributed by atoms with Gasteiger partial charge in [0.2, 0.25) is 0 Å². The summed E-state index contributed by atoms with van der Waals surface area (Å²) in [6.45, 7) is 0. The van der Waals surface area contributed by atoms with Gasteiger partial charge in [0.15, 0.2) is 17.5 Å². The summed E-state index contributed by atoms with van der Waals surface area (Å²) in [5, 5.41) is 1.10. The Hall–Kier alpha value is -6.13. The van der Waals surface area contributed by atoms with E-state index in [2.05, 4.69) is 84.9 Å². The smallest absolute Gasteiger partial charge is 0.164 e. The molecule has 0 atom stereocenters. The number of furan rings is 1. The molecule has 0 spiro atoms. The Morgan fingerprint density at radius 3 is 1.22 bits per heavy atom. The SMILES string of the molecule is c1ccc(-c2nc(-c3ccccc3)nc(-c3cccc(-c4cccc(-c5cccc(-c6ccc7occc7c6)c5)c4)c3)n2)cc1. The molecule has 0 aliphatic heterocycles. The average Bonchev–Trinajstić information content (AvgIpc) is 3.61. The van der Waals surface area contributed by atoms with Crippen LogP contribution in [0.5, 0.6) is 0 Å². The molecule has 6 aromatic carbocycles. The molecule has 0 aliphatic carbocycles. The molecule has 2 aromatic heterocycles. The first-order valence-electron chi connectivity index (χ1n) is 14.9. The normalized spacial score (nSPS) is 11.1. The summed E-state index contributed by atoms with van der Waals surface area (Å²) in [6.07, 6.45) is 1.73. The lowest BCUT2D eigenvalue weighted by Crippen LogP contribution is -2.00. The molecule has 0 aliphatic rings. The van der Waals surface area contributed by atoms with Gasteiger partial charge in [-0.2, -0.15) is 0 Å². The molecule has 212 valence electrons. The number of fused-ring (bicyclic) bond motifs is 1. The minimum atomic E-state index is 0.642. The second kappa shape index (κ2) is 11.5. The lowest BCUT2D eigenvalue weighted by molar-refractivity contribution is 0.616. The highest BCUT2D eigenvalue weighted by molar-refractivity contribution is 5.85. The first-order chi connectivity index (χ1) is 22.3. The number of nitrogens with zero attached hydrogens (tertiary/aromatic N) is 3. The van der Waals surface area contributed by atoms with E-state index in [0.29, 0.717) is 17.5 Å². The Morgan fingerprint density at radius 2 is 0.711 bits per heavy atom. The van der Waals surface area contributed by atoms with Crippen molar-refractivity contribution in [2.24, 2.45) is 0 Å². The van der Waals surface area contributed by atoms with Crippen LogP contribution < -0.4 is 0 Å². The second-order valence-electron chi connectivity index (χ2n) is 11.0. The van der Waals surface area contributed by atoms with E-state index in [1.807, 2.05) is 72.8 Å². The molecule has 8 aromatic rings. The summed E-state index contributed by atoms with van der Waals surface area (Å²) >= 11 is 0.